The summed E-state index contributed by atoms with van der Waals surface area (Å²) in [6, 6.07) is 10.8. The Labute approximate surface area is 141 Å². The van der Waals surface area contributed by atoms with Gasteiger partial charge in [-0.3, -0.25) is 14.3 Å². The first-order valence-electron chi connectivity index (χ1n) is 8.06. The summed E-state index contributed by atoms with van der Waals surface area (Å²) >= 11 is 0. The number of nitrogens with zero attached hydrogens (tertiary/aromatic N) is 2. The Balaban J connectivity index is 1.97. The van der Waals surface area contributed by atoms with Gasteiger partial charge < -0.3 is 10.1 Å². The highest BCUT2D eigenvalue weighted by molar-refractivity contribution is 5.78. The Bertz CT molecular complexity index is 639. The molecule has 24 heavy (non-hydrogen) atoms. The third kappa shape index (κ3) is 5.87. The van der Waals surface area contributed by atoms with E-state index in [1.807, 2.05) is 42.6 Å². The van der Waals surface area contributed by atoms with E-state index in [4.69, 9.17) is 4.74 Å². The third-order valence-corrected chi connectivity index (χ3v) is 3.40. The Morgan fingerprint density at radius 2 is 1.96 bits per heavy atom. The molecule has 0 spiro atoms. The first kappa shape index (κ1) is 17.7. The van der Waals surface area contributed by atoms with Crippen LogP contribution in [0.5, 0.6) is 0 Å². The van der Waals surface area contributed by atoms with Crippen molar-refractivity contribution in [2.24, 2.45) is 0 Å². The molecule has 6 nitrogen and oxygen atoms in total. The molecule has 1 atom stereocenters. The number of benzene rings is 1. The van der Waals surface area contributed by atoms with Crippen molar-refractivity contribution in [2.45, 2.75) is 45.4 Å². The second-order valence-corrected chi connectivity index (χ2v) is 5.79. The first-order valence-corrected chi connectivity index (χ1v) is 8.06. The lowest BCUT2D eigenvalue weighted by Crippen LogP contribution is -2.31. The summed E-state index contributed by atoms with van der Waals surface area (Å²) in [6.45, 7) is 4.10. The van der Waals surface area contributed by atoms with Gasteiger partial charge in [0.15, 0.2) is 0 Å². The Morgan fingerprint density at radius 3 is 2.58 bits per heavy atom. The van der Waals surface area contributed by atoms with Gasteiger partial charge in [-0.25, -0.2) is 0 Å². The van der Waals surface area contributed by atoms with Gasteiger partial charge in [-0.2, -0.15) is 5.10 Å². The highest BCUT2D eigenvalue weighted by atomic mass is 16.5. The summed E-state index contributed by atoms with van der Waals surface area (Å²) in [5.41, 5.74) is 0.880. The van der Waals surface area contributed by atoms with E-state index in [0.29, 0.717) is 13.0 Å². The van der Waals surface area contributed by atoms with Crippen molar-refractivity contribution in [3.8, 4) is 0 Å². The maximum atomic E-state index is 12.2. The van der Waals surface area contributed by atoms with Gasteiger partial charge in [0.1, 0.15) is 0 Å². The van der Waals surface area contributed by atoms with Crippen LogP contribution in [0.2, 0.25) is 0 Å². The van der Waals surface area contributed by atoms with E-state index < -0.39 is 6.04 Å². The molecule has 1 aromatic carbocycles. The van der Waals surface area contributed by atoms with Crippen LogP contribution >= 0.6 is 0 Å². The zero-order valence-corrected chi connectivity index (χ0v) is 14.0. The van der Waals surface area contributed by atoms with Crippen LogP contribution in [0.3, 0.4) is 0 Å². The number of amides is 1. The third-order valence-electron chi connectivity index (χ3n) is 3.40. The van der Waals surface area contributed by atoms with Gasteiger partial charge in [0.25, 0.3) is 0 Å². The van der Waals surface area contributed by atoms with Gasteiger partial charge >= 0.3 is 5.97 Å². The molecule has 0 unspecified atom stereocenters. The molecule has 1 heterocycles. The predicted molar refractivity (Wildman–Crippen MR) is 90.0 cm³/mol. The number of aromatic nitrogens is 2. The standard InChI is InChI=1S/C18H23N3O3/c1-14(2)24-18(23)13-16(15-7-4-3-5-8-15)20-17(22)9-12-21-11-6-10-19-21/h3-8,10-11,14,16H,9,12-13H2,1-2H3,(H,20,22)/t16-/m1/s1. The highest BCUT2D eigenvalue weighted by Gasteiger charge is 2.19. The second-order valence-electron chi connectivity index (χ2n) is 5.79. The van der Waals surface area contributed by atoms with Gasteiger partial charge in [-0.1, -0.05) is 30.3 Å². The summed E-state index contributed by atoms with van der Waals surface area (Å²) in [5.74, 6) is -0.456. The van der Waals surface area contributed by atoms with E-state index in [9.17, 15) is 9.59 Å². The van der Waals surface area contributed by atoms with Gasteiger partial charge in [0.05, 0.1) is 18.6 Å². The number of esters is 1. The Kier molecular flexibility index (Phi) is 6.54. The van der Waals surface area contributed by atoms with E-state index in [1.165, 1.54) is 0 Å². The number of nitrogens with one attached hydrogen (secondary N) is 1. The van der Waals surface area contributed by atoms with Gasteiger partial charge in [-0.05, 0) is 25.5 Å². The molecule has 0 saturated heterocycles. The smallest absolute Gasteiger partial charge is 0.308 e. The van der Waals surface area contributed by atoms with Crippen LogP contribution in [0.25, 0.3) is 0 Å². The number of carbonyl (C=O) groups excluding carboxylic acids is 2. The summed E-state index contributed by atoms with van der Waals surface area (Å²) in [6.07, 6.45) is 3.71. The van der Waals surface area contributed by atoms with Crippen molar-refractivity contribution in [1.29, 1.82) is 0 Å². The fraction of sp³-hybridized carbons (Fsp3) is 0.389. The van der Waals surface area contributed by atoms with Gasteiger partial charge in [-0.15, -0.1) is 0 Å². The normalized spacial score (nSPS) is 12.0. The number of carbonyl (C=O) groups is 2. The largest absolute Gasteiger partial charge is 0.463 e. The zero-order valence-electron chi connectivity index (χ0n) is 14.0. The summed E-state index contributed by atoms with van der Waals surface area (Å²) in [5, 5.41) is 6.99. The van der Waals surface area contributed by atoms with Gasteiger partial charge in [0, 0.05) is 25.4 Å². The molecule has 0 radical (unpaired) electrons. The minimum atomic E-state index is -0.400. The number of aryl methyl sites for hydroxylation is 1. The van der Waals surface area contributed by atoms with Crippen molar-refractivity contribution in [3.05, 3.63) is 54.4 Å². The SMILES string of the molecule is CC(C)OC(=O)C[C@@H](NC(=O)CCn1cccn1)c1ccccc1. The Morgan fingerprint density at radius 1 is 1.21 bits per heavy atom. The zero-order chi connectivity index (χ0) is 17.4. The quantitative estimate of drug-likeness (QED) is 0.755. The highest BCUT2D eigenvalue weighted by Crippen LogP contribution is 2.18. The molecule has 1 aromatic heterocycles. The minimum absolute atomic E-state index is 0.107. The molecule has 2 aromatic rings. The molecule has 1 N–H and O–H groups in total. The molecule has 2 rings (SSSR count). The molecule has 0 aliphatic heterocycles. The van der Waals surface area contributed by atoms with E-state index in [0.717, 1.165) is 5.56 Å². The van der Waals surface area contributed by atoms with Crippen LogP contribution in [0, 0.1) is 0 Å². The summed E-state index contributed by atoms with van der Waals surface area (Å²) in [4.78, 5) is 24.2. The molecule has 0 aliphatic carbocycles. The predicted octanol–water partition coefficient (Wildman–Crippen LogP) is 2.47. The lowest BCUT2D eigenvalue weighted by molar-refractivity contribution is -0.148. The minimum Gasteiger partial charge on any atom is -0.463 e. The molecule has 0 bridgehead atoms. The van der Waals surface area contributed by atoms with E-state index >= 15 is 0 Å². The van der Waals surface area contributed by atoms with Crippen LogP contribution in [0.15, 0.2) is 48.8 Å². The summed E-state index contributed by atoms with van der Waals surface area (Å²) in [7, 11) is 0. The number of rotatable bonds is 8. The summed E-state index contributed by atoms with van der Waals surface area (Å²) < 4.78 is 6.90. The molecular weight excluding hydrogens is 306 g/mol. The second kappa shape index (κ2) is 8.86. The van der Waals surface area contributed by atoms with Crippen LogP contribution in [-0.4, -0.2) is 27.8 Å². The number of hydrogen-bond donors (Lipinski definition) is 1. The number of ether oxygens (including phenoxy) is 1. The average Bonchev–Trinajstić information content (AvgIpc) is 3.06. The average molecular weight is 329 g/mol. The van der Waals surface area contributed by atoms with Gasteiger partial charge in [0.2, 0.25) is 5.91 Å². The maximum absolute atomic E-state index is 12.2. The van der Waals surface area contributed by atoms with Crippen LogP contribution in [-0.2, 0) is 20.9 Å². The van der Waals surface area contributed by atoms with Crippen LogP contribution < -0.4 is 5.32 Å². The van der Waals surface area contributed by atoms with Crippen molar-refractivity contribution in [2.75, 3.05) is 0 Å². The van der Waals surface area contributed by atoms with Crippen molar-refractivity contribution in [3.63, 3.8) is 0 Å². The Hall–Kier alpha value is -2.63. The molecule has 128 valence electrons. The molecule has 0 fully saturated rings. The van der Waals surface area contributed by atoms with E-state index in [2.05, 4.69) is 10.4 Å². The first-order chi connectivity index (χ1) is 11.5. The fourth-order valence-electron chi connectivity index (χ4n) is 2.33. The topological polar surface area (TPSA) is 73.2 Å². The van der Waals surface area contributed by atoms with Crippen molar-refractivity contribution in [1.82, 2.24) is 15.1 Å². The molecule has 1 amide bonds. The maximum Gasteiger partial charge on any atom is 0.308 e. The van der Waals surface area contributed by atoms with E-state index in [1.54, 1.807) is 24.7 Å². The number of hydrogen-bond acceptors (Lipinski definition) is 4. The fourth-order valence-corrected chi connectivity index (χ4v) is 2.33. The molecule has 0 saturated carbocycles. The monoisotopic (exact) mass is 329 g/mol. The lowest BCUT2D eigenvalue weighted by atomic mass is 10.0. The molecule has 0 aliphatic rings. The molecular formula is C18H23N3O3. The van der Waals surface area contributed by atoms with Crippen LogP contribution in [0.4, 0.5) is 0 Å². The van der Waals surface area contributed by atoms with E-state index in [-0.39, 0.29) is 24.4 Å². The van der Waals surface area contributed by atoms with Crippen molar-refractivity contribution >= 4 is 11.9 Å². The lowest BCUT2D eigenvalue weighted by Gasteiger charge is -2.19. The van der Waals surface area contributed by atoms with Crippen molar-refractivity contribution < 1.29 is 14.3 Å². The molecule has 6 heteroatoms. The van der Waals surface area contributed by atoms with Crippen LogP contribution in [0.1, 0.15) is 38.3 Å².